The van der Waals surface area contributed by atoms with E-state index in [9.17, 15) is 9.59 Å². The van der Waals surface area contributed by atoms with E-state index in [-0.39, 0.29) is 12.6 Å². The molecule has 0 saturated carbocycles. The number of carbonyl (C=O) groups excluding carboxylic acids is 1. The number of urea groups is 1. The Hall–Kier alpha value is -2.48. The van der Waals surface area contributed by atoms with Crippen LogP contribution in [0.4, 0.5) is 10.5 Å². The van der Waals surface area contributed by atoms with Gasteiger partial charge in [0.05, 0.1) is 5.92 Å². The first-order valence-electron chi connectivity index (χ1n) is 6.59. The summed E-state index contributed by atoms with van der Waals surface area (Å²) in [6.45, 7) is 1.70. The number of anilines is 1. The van der Waals surface area contributed by atoms with E-state index in [0.717, 1.165) is 10.6 Å². The Morgan fingerprint density at radius 3 is 2.59 bits per heavy atom. The normalized spacial score (nSPS) is 11.7. The van der Waals surface area contributed by atoms with Gasteiger partial charge >= 0.3 is 12.0 Å². The average molecular weight is 320 g/mol. The molecule has 2 amide bonds. The lowest BCUT2D eigenvalue weighted by atomic mass is 10.2. The SMILES string of the molecule is CC(CN(C)C(=O)Nc1ccc(-c2nncs2)cc1)C(=O)O. The van der Waals surface area contributed by atoms with Crippen molar-refractivity contribution in [2.75, 3.05) is 18.9 Å². The van der Waals surface area contributed by atoms with Gasteiger partial charge in [0, 0.05) is 24.8 Å². The average Bonchev–Trinajstić information content (AvgIpc) is 3.02. The van der Waals surface area contributed by atoms with Gasteiger partial charge in [-0.2, -0.15) is 0 Å². The summed E-state index contributed by atoms with van der Waals surface area (Å²) in [5.74, 6) is -1.54. The molecule has 0 aliphatic rings. The maximum atomic E-state index is 12.0. The van der Waals surface area contributed by atoms with Gasteiger partial charge in [0.2, 0.25) is 0 Å². The quantitative estimate of drug-likeness (QED) is 0.882. The third-order valence-corrected chi connectivity index (χ3v) is 3.80. The summed E-state index contributed by atoms with van der Waals surface area (Å²) in [5.41, 5.74) is 3.21. The minimum atomic E-state index is -0.930. The number of aromatic nitrogens is 2. The smallest absolute Gasteiger partial charge is 0.321 e. The predicted octanol–water partition coefficient (Wildman–Crippen LogP) is 2.39. The van der Waals surface area contributed by atoms with E-state index >= 15 is 0 Å². The number of amides is 2. The van der Waals surface area contributed by atoms with E-state index in [4.69, 9.17) is 5.11 Å². The van der Waals surface area contributed by atoms with E-state index in [1.165, 1.54) is 16.2 Å². The molecule has 1 atom stereocenters. The largest absolute Gasteiger partial charge is 0.481 e. The van der Waals surface area contributed by atoms with E-state index < -0.39 is 11.9 Å². The Balaban J connectivity index is 1.95. The first-order chi connectivity index (χ1) is 10.5. The molecule has 7 nitrogen and oxygen atoms in total. The van der Waals surface area contributed by atoms with Gasteiger partial charge in [0.25, 0.3) is 0 Å². The number of nitrogens with one attached hydrogen (secondary N) is 1. The lowest BCUT2D eigenvalue weighted by molar-refractivity contribution is -0.141. The van der Waals surface area contributed by atoms with Crippen molar-refractivity contribution in [3.63, 3.8) is 0 Å². The van der Waals surface area contributed by atoms with Crippen molar-refractivity contribution in [3.05, 3.63) is 29.8 Å². The van der Waals surface area contributed by atoms with Crippen LogP contribution in [0.3, 0.4) is 0 Å². The van der Waals surface area contributed by atoms with Crippen LogP contribution in [0.25, 0.3) is 10.6 Å². The number of hydrogen-bond acceptors (Lipinski definition) is 5. The Morgan fingerprint density at radius 1 is 1.36 bits per heavy atom. The second-order valence-electron chi connectivity index (χ2n) is 4.87. The highest BCUT2D eigenvalue weighted by Crippen LogP contribution is 2.22. The van der Waals surface area contributed by atoms with Gasteiger partial charge in [-0.1, -0.05) is 18.3 Å². The number of aliphatic carboxylic acids is 1. The summed E-state index contributed by atoms with van der Waals surface area (Å²) in [4.78, 5) is 24.1. The Kier molecular flexibility index (Phi) is 5.05. The molecule has 1 aromatic carbocycles. The minimum absolute atomic E-state index is 0.143. The molecule has 0 bridgehead atoms. The molecular weight excluding hydrogens is 304 g/mol. The van der Waals surface area contributed by atoms with Gasteiger partial charge in [-0.15, -0.1) is 10.2 Å². The van der Waals surface area contributed by atoms with Gasteiger partial charge in [0.15, 0.2) is 0 Å². The molecule has 0 aliphatic carbocycles. The molecule has 1 aromatic heterocycles. The van der Waals surface area contributed by atoms with Crippen molar-refractivity contribution in [3.8, 4) is 10.6 Å². The third-order valence-electron chi connectivity index (χ3n) is 3.06. The highest BCUT2D eigenvalue weighted by Gasteiger charge is 2.17. The number of nitrogens with zero attached hydrogens (tertiary/aromatic N) is 3. The summed E-state index contributed by atoms with van der Waals surface area (Å²) in [7, 11) is 1.56. The van der Waals surface area contributed by atoms with Crippen molar-refractivity contribution in [1.82, 2.24) is 15.1 Å². The standard InChI is InChI=1S/C14H16N4O3S/c1-9(13(19)20)7-18(2)14(21)16-11-5-3-10(4-6-11)12-17-15-8-22-12/h3-6,8-9H,7H2,1-2H3,(H,16,21)(H,19,20). The molecule has 1 heterocycles. The Bertz CT molecular complexity index is 643. The fourth-order valence-corrected chi connectivity index (χ4v) is 2.35. The van der Waals surface area contributed by atoms with Crippen LogP contribution in [0.1, 0.15) is 6.92 Å². The molecule has 22 heavy (non-hydrogen) atoms. The Labute approximate surface area is 131 Å². The molecule has 116 valence electrons. The van der Waals surface area contributed by atoms with Crippen molar-refractivity contribution in [2.24, 2.45) is 5.92 Å². The van der Waals surface area contributed by atoms with Crippen LogP contribution >= 0.6 is 11.3 Å². The zero-order valence-electron chi connectivity index (χ0n) is 12.2. The first-order valence-corrected chi connectivity index (χ1v) is 7.47. The maximum absolute atomic E-state index is 12.0. The molecule has 1 unspecified atom stereocenters. The van der Waals surface area contributed by atoms with Crippen LogP contribution in [-0.4, -0.2) is 45.8 Å². The van der Waals surface area contributed by atoms with Crippen LogP contribution in [0.2, 0.25) is 0 Å². The first kappa shape index (κ1) is 15.9. The highest BCUT2D eigenvalue weighted by molar-refractivity contribution is 7.12. The van der Waals surface area contributed by atoms with Crippen LogP contribution in [-0.2, 0) is 4.79 Å². The van der Waals surface area contributed by atoms with Gasteiger partial charge < -0.3 is 15.3 Å². The molecule has 2 rings (SSSR count). The number of carboxylic acids is 1. The lowest BCUT2D eigenvalue weighted by Gasteiger charge is -2.20. The summed E-state index contributed by atoms with van der Waals surface area (Å²) < 4.78 is 0. The van der Waals surface area contributed by atoms with Crippen LogP contribution < -0.4 is 5.32 Å². The van der Waals surface area contributed by atoms with E-state index in [2.05, 4.69) is 15.5 Å². The van der Waals surface area contributed by atoms with E-state index in [0.29, 0.717) is 5.69 Å². The van der Waals surface area contributed by atoms with Gasteiger partial charge in [-0.3, -0.25) is 4.79 Å². The number of carbonyl (C=O) groups is 2. The predicted molar refractivity (Wildman–Crippen MR) is 83.8 cm³/mol. The fourth-order valence-electron chi connectivity index (χ4n) is 1.79. The Morgan fingerprint density at radius 2 is 2.05 bits per heavy atom. The monoisotopic (exact) mass is 320 g/mol. The van der Waals surface area contributed by atoms with Crippen molar-refractivity contribution in [1.29, 1.82) is 0 Å². The summed E-state index contributed by atoms with van der Waals surface area (Å²) >= 11 is 1.44. The van der Waals surface area contributed by atoms with Gasteiger partial charge in [-0.05, 0) is 24.3 Å². The van der Waals surface area contributed by atoms with Crippen LogP contribution in [0, 0.1) is 5.92 Å². The molecule has 0 saturated heterocycles. The van der Waals surface area contributed by atoms with Crippen LogP contribution in [0.15, 0.2) is 29.8 Å². The molecule has 0 radical (unpaired) electrons. The maximum Gasteiger partial charge on any atom is 0.321 e. The second kappa shape index (κ2) is 6.99. The molecule has 2 N–H and O–H groups in total. The molecule has 2 aromatic rings. The van der Waals surface area contributed by atoms with Crippen molar-refractivity contribution in [2.45, 2.75) is 6.92 Å². The number of carboxylic acid groups (broad SMARTS) is 1. The van der Waals surface area contributed by atoms with Gasteiger partial charge in [-0.25, -0.2) is 4.79 Å². The number of rotatable bonds is 5. The van der Waals surface area contributed by atoms with E-state index in [1.54, 1.807) is 31.6 Å². The van der Waals surface area contributed by atoms with Crippen LogP contribution in [0.5, 0.6) is 0 Å². The molecule has 0 aliphatic heterocycles. The third kappa shape index (κ3) is 4.01. The molecule has 0 spiro atoms. The highest BCUT2D eigenvalue weighted by atomic mass is 32.1. The summed E-state index contributed by atoms with van der Waals surface area (Å²) in [6.07, 6.45) is 0. The fraction of sp³-hybridized carbons (Fsp3) is 0.286. The zero-order valence-corrected chi connectivity index (χ0v) is 13.0. The van der Waals surface area contributed by atoms with E-state index in [1.807, 2.05) is 12.1 Å². The summed E-state index contributed by atoms with van der Waals surface area (Å²) in [6, 6.07) is 6.87. The zero-order chi connectivity index (χ0) is 16.1. The summed E-state index contributed by atoms with van der Waals surface area (Å²) in [5, 5.41) is 20.1. The lowest BCUT2D eigenvalue weighted by Crippen LogP contribution is -2.36. The van der Waals surface area contributed by atoms with Crippen molar-refractivity contribution >= 4 is 29.0 Å². The topological polar surface area (TPSA) is 95.4 Å². The molecule has 0 fully saturated rings. The second-order valence-corrected chi connectivity index (χ2v) is 5.70. The molecule has 8 heteroatoms. The number of benzene rings is 1. The van der Waals surface area contributed by atoms with Crippen molar-refractivity contribution < 1.29 is 14.7 Å². The van der Waals surface area contributed by atoms with Gasteiger partial charge in [0.1, 0.15) is 10.5 Å². The minimum Gasteiger partial charge on any atom is -0.481 e. The number of hydrogen-bond donors (Lipinski definition) is 2. The molecular formula is C14H16N4O3S.